The SMILES string of the molecule is CNC(=O)OCCN(C)c1cc(Cl)ccc1Nc1cc(F)c(S(=O)(=O)N(Cc2ccc(OC)cc2OC)c2ncc(F)cn2)cc1Cl. The zero-order chi connectivity index (χ0) is 34.3. The van der Waals surface area contributed by atoms with Crippen molar-refractivity contribution >= 4 is 62.3 Å². The molecule has 4 aromatic rings. The summed E-state index contributed by atoms with van der Waals surface area (Å²) in [5, 5.41) is 5.64. The van der Waals surface area contributed by atoms with Gasteiger partial charge in [0, 0.05) is 36.8 Å². The second kappa shape index (κ2) is 15.3. The predicted molar refractivity (Wildman–Crippen MR) is 175 cm³/mol. The van der Waals surface area contributed by atoms with Crippen molar-refractivity contribution in [2.45, 2.75) is 11.4 Å². The second-order valence-electron chi connectivity index (χ2n) is 9.75. The van der Waals surface area contributed by atoms with E-state index in [-0.39, 0.29) is 29.6 Å². The number of hydrogen-bond acceptors (Lipinski definition) is 10. The lowest BCUT2D eigenvalue weighted by Gasteiger charge is -2.25. The molecular formula is C30H30Cl2F2N6O6S. The van der Waals surface area contributed by atoms with Crippen molar-refractivity contribution in [3.05, 3.63) is 88.2 Å². The van der Waals surface area contributed by atoms with Crippen LogP contribution in [0.25, 0.3) is 0 Å². The van der Waals surface area contributed by atoms with Crippen LogP contribution in [0.2, 0.25) is 10.0 Å². The van der Waals surface area contributed by atoms with Gasteiger partial charge in [0.1, 0.15) is 28.8 Å². The molecule has 250 valence electrons. The van der Waals surface area contributed by atoms with E-state index in [1.165, 1.54) is 21.3 Å². The molecule has 0 fully saturated rings. The molecule has 0 saturated carbocycles. The van der Waals surface area contributed by atoms with Crippen molar-refractivity contribution in [1.29, 1.82) is 0 Å². The quantitative estimate of drug-likeness (QED) is 0.170. The van der Waals surface area contributed by atoms with Crippen molar-refractivity contribution in [1.82, 2.24) is 15.3 Å². The number of aromatic nitrogens is 2. The summed E-state index contributed by atoms with van der Waals surface area (Å²) in [7, 11) is 1.26. The van der Waals surface area contributed by atoms with Gasteiger partial charge in [-0.3, -0.25) is 0 Å². The summed E-state index contributed by atoms with van der Waals surface area (Å²) in [5.74, 6) is -1.64. The van der Waals surface area contributed by atoms with Crippen molar-refractivity contribution < 1.29 is 36.2 Å². The molecule has 0 aliphatic carbocycles. The number of rotatable bonds is 13. The van der Waals surface area contributed by atoms with E-state index in [4.69, 9.17) is 37.4 Å². The van der Waals surface area contributed by atoms with E-state index in [2.05, 4.69) is 20.6 Å². The Morgan fingerprint density at radius 1 is 0.979 bits per heavy atom. The van der Waals surface area contributed by atoms with E-state index in [1.54, 1.807) is 48.3 Å². The van der Waals surface area contributed by atoms with Crippen LogP contribution in [-0.4, -0.2) is 65.9 Å². The number of likely N-dealkylation sites (N-methyl/N-ethyl adjacent to an activating group) is 1. The van der Waals surface area contributed by atoms with E-state index in [9.17, 15) is 17.6 Å². The van der Waals surface area contributed by atoms with Crippen LogP contribution in [0.3, 0.4) is 0 Å². The average molecular weight is 712 g/mol. The van der Waals surface area contributed by atoms with Crippen LogP contribution >= 0.6 is 23.2 Å². The van der Waals surface area contributed by atoms with Gasteiger partial charge >= 0.3 is 6.09 Å². The van der Waals surface area contributed by atoms with E-state index >= 15 is 4.39 Å². The van der Waals surface area contributed by atoms with Gasteiger partial charge in [0.05, 0.1) is 61.8 Å². The number of nitrogens with zero attached hydrogens (tertiary/aromatic N) is 4. The van der Waals surface area contributed by atoms with Crippen LogP contribution in [0.1, 0.15) is 5.56 Å². The molecule has 1 amide bonds. The maximum absolute atomic E-state index is 15.8. The molecule has 1 heterocycles. The van der Waals surface area contributed by atoms with Gasteiger partial charge < -0.3 is 29.7 Å². The van der Waals surface area contributed by atoms with Crippen molar-refractivity contribution in [2.24, 2.45) is 0 Å². The van der Waals surface area contributed by atoms with Crippen LogP contribution < -0.4 is 29.3 Å². The maximum atomic E-state index is 15.8. The Kier molecular flexibility index (Phi) is 11.5. The Bertz CT molecular complexity index is 1850. The number of alkyl carbamates (subject to hydrolysis) is 1. The topological polar surface area (TPSA) is 135 Å². The first-order chi connectivity index (χ1) is 22.4. The molecule has 47 heavy (non-hydrogen) atoms. The van der Waals surface area contributed by atoms with Gasteiger partial charge in [-0.15, -0.1) is 0 Å². The van der Waals surface area contributed by atoms with E-state index in [1.807, 2.05) is 0 Å². The first kappa shape index (κ1) is 35.3. The second-order valence-corrected chi connectivity index (χ2v) is 12.4. The van der Waals surface area contributed by atoms with Crippen LogP contribution in [0.15, 0.2) is 65.8 Å². The molecule has 0 aliphatic heterocycles. The third kappa shape index (κ3) is 8.41. The molecule has 0 spiro atoms. The zero-order valence-corrected chi connectivity index (χ0v) is 27.9. The highest BCUT2D eigenvalue weighted by Crippen LogP contribution is 2.37. The Morgan fingerprint density at radius 2 is 1.70 bits per heavy atom. The molecular weight excluding hydrogens is 681 g/mol. The molecule has 2 N–H and O–H groups in total. The molecule has 0 bridgehead atoms. The normalized spacial score (nSPS) is 11.1. The van der Waals surface area contributed by atoms with Gasteiger partial charge in [-0.1, -0.05) is 23.2 Å². The highest BCUT2D eigenvalue weighted by molar-refractivity contribution is 7.92. The number of sulfonamides is 1. The number of amides is 1. The summed E-state index contributed by atoms with van der Waals surface area (Å²) in [6.07, 6.45) is 0.989. The molecule has 1 aromatic heterocycles. The molecule has 0 radical (unpaired) electrons. The molecule has 12 nitrogen and oxygen atoms in total. The Morgan fingerprint density at radius 3 is 2.36 bits per heavy atom. The summed E-state index contributed by atoms with van der Waals surface area (Å²) >= 11 is 12.8. The monoisotopic (exact) mass is 710 g/mol. The standard InChI is InChI=1S/C30H30Cl2F2N6O6S/c1-35-30(41)46-10-9-39(2)26-11-19(31)6-8-24(26)38-25-14-23(34)28(13-22(25)32)47(42,43)40(29-36-15-20(33)16-37-29)17-18-5-7-21(44-3)12-27(18)45-4/h5-8,11-16,38H,9-10,17H2,1-4H3,(H,35,41). The van der Waals surface area contributed by atoms with Crippen LogP contribution in [0.4, 0.5) is 36.6 Å². The van der Waals surface area contributed by atoms with Gasteiger partial charge in [0.15, 0.2) is 5.82 Å². The first-order valence-corrected chi connectivity index (χ1v) is 15.9. The first-order valence-electron chi connectivity index (χ1n) is 13.7. The van der Waals surface area contributed by atoms with Crippen LogP contribution in [0, 0.1) is 11.6 Å². The highest BCUT2D eigenvalue weighted by Gasteiger charge is 2.32. The maximum Gasteiger partial charge on any atom is 0.406 e. The number of nitrogens with one attached hydrogen (secondary N) is 2. The summed E-state index contributed by atoms with van der Waals surface area (Å²) in [6.45, 7) is -0.0784. The number of methoxy groups -OCH3 is 2. The molecule has 0 unspecified atom stereocenters. The largest absolute Gasteiger partial charge is 0.497 e. The number of benzene rings is 3. The van der Waals surface area contributed by atoms with Crippen molar-refractivity contribution in [3.63, 3.8) is 0 Å². The molecule has 0 atom stereocenters. The molecule has 3 aromatic carbocycles. The lowest BCUT2D eigenvalue weighted by Crippen LogP contribution is -2.33. The van der Waals surface area contributed by atoms with Gasteiger partial charge in [0.2, 0.25) is 5.95 Å². The number of carbonyl (C=O) groups excluding carboxylic acids is 1. The lowest BCUT2D eigenvalue weighted by atomic mass is 10.2. The van der Waals surface area contributed by atoms with Crippen LogP contribution in [0.5, 0.6) is 11.5 Å². The number of anilines is 4. The summed E-state index contributed by atoms with van der Waals surface area (Å²) < 4.78 is 74.0. The van der Waals surface area contributed by atoms with Gasteiger partial charge in [-0.05, 0) is 36.4 Å². The van der Waals surface area contributed by atoms with Crippen LogP contribution in [-0.2, 0) is 21.3 Å². The average Bonchev–Trinajstić information content (AvgIpc) is 3.05. The number of carbonyl (C=O) groups is 1. The smallest absolute Gasteiger partial charge is 0.406 e. The zero-order valence-electron chi connectivity index (χ0n) is 25.6. The van der Waals surface area contributed by atoms with Gasteiger partial charge in [0.25, 0.3) is 10.0 Å². The third-order valence-electron chi connectivity index (χ3n) is 6.73. The summed E-state index contributed by atoms with van der Waals surface area (Å²) in [6, 6.07) is 11.4. The summed E-state index contributed by atoms with van der Waals surface area (Å²) in [5.41, 5.74) is 1.40. The third-order valence-corrected chi connectivity index (χ3v) is 9.02. The minimum Gasteiger partial charge on any atom is -0.497 e. The van der Waals surface area contributed by atoms with Gasteiger partial charge in [-0.2, -0.15) is 0 Å². The Balaban J connectivity index is 1.70. The Labute approximate surface area is 280 Å². The minimum absolute atomic E-state index is 0.0445. The number of ether oxygens (including phenoxy) is 3. The Hall–Kier alpha value is -4.60. The fourth-order valence-corrected chi connectivity index (χ4v) is 6.18. The minimum atomic E-state index is -4.76. The molecule has 17 heteroatoms. The van der Waals surface area contributed by atoms with Crippen molar-refractivity contribution in [2.75, 3.05) is 56.0 Å². The predicted octanol–water partition coefficient (Wildman–Crippen LogP) is 6.01. The number of hydrogen-bond donors (Lipinski definition) is 2. The summed E-state index contributed by atoms with van der Waals surface area (Å²) in [4.78, 5) is 20.0. The lowest BCUT2D eigenvalue weighted by molar-refractivity contribution is 0.151. The molecule has 4 rings (SSSR count). The van der Waals surface area contributed by atoms with Crippen molar-refractivity contribution in [3.8, 4) is 11.5 Å². The fourth-order valence-electron chi connectivity index (χ4n) is 4.31. The molecule has 0 aliphatic rings. The highest BCUT2D eigenvalue weighted by atomic mass is 35.5. The molecule has 0 saturated heterocycles. The van der Waals surface area contributed by atoms with Gasteiger partial charge in [-0.25, -0.2) is 36.3 Å². The number of halogens is 4. The van der Waals surface area contributed by atoms with E-state index < -0.39 is 45.1 Å². The van der Waals surface area contributed by atoms with E-state index in [0.29, 0.717) is 32.0 Å². The fraction of sp³-hybridized carbons (Fsp3) is 0.233. The van der Waals surface area contributed by atoms with E-state index in [0.717, 1.165) is 24.5 Å².